The zero-order valence-corrected chi connectivity index (χ0v) is 13.6. The van der Waals surface area contributed by atoms with Crippen molar-refractivity contribution in [2.75, 3.05) is 13.1 Å². The number of imidazole rings is 1. The molecule has 1 atom stereocenters. The minimum Gasteiger partial charge on any atom is -0.352 e. The monoisotopic (exact) mass is 326 g/mol. The van der Waals surface area contributed by atoms with Crippen LogP contribution in [0.1, 0.15) is 19.3 Å². The summed E-state index contributed by atoms with van der Waals surface area (Å²) in [5.74, 6) is -0.156. The average molecular weight is 326 g/mol. The Balaban J connectivity index is 1.62. The summed E-state index contributed by atoms with van der Waals surface area (Å²) < 4.78 is 2.12. The molecule has 1 aliphatic heterocycles. The number of hydrogen-bond donors (Lipinski definition) is 1. The van der Waals surface area contributed by atoms with E-state index in [2.05, 4.69) is 21.4 Å². The van der Waals surface area contributed by atoms with Gasteiger partial charge >= 0.3 is 0 Å². The van der Waals surface area contributed by atoms with Crippen molar-refractivity contribution in [3.05, 3.63) is 43.2 Å². The molecule has 0 aliphatic carbocycles. The number of amides is 2. The Morgan fingerprint density at radius 1 is 1.38 bits per heavy atom. The fourth-order valence-corrected chi connectivity index (χ4v) is 3.25. The molecule has 2 heterocycles. The zero-order chi connectivity index (χ0) is 16.9. The molecule has 3 rings (SSSR count). The first-order valence-electron chi connectivity index (χ1n) is 8.28. The van der Waals surface area contributed by atoms with Gasteiger partial charge in [-0.05, 0) is 31.1 Å². The lowest BCUT2D eigenvalue weighted by Crippen LogP contribution is -2.39. The molecule has 1 fully saturated rings. The Bertz CT molecular complexity index is 752. The van der Waals surface area contributed by atoms with Crippen LogP contribution in [0.15, 0.2) is 43.2 Å². The summed E-state index contributed by atoms with van der Waals surface area (Å²) in [5.41, 5.74) is 2.07. The Morgan fingerprint density at radius 2 is 2.21 bits per heavy atom. The number of fused-ring (bicyclic) bond motifs is 1. The molecule has 24 heavy (non-hydrogen) atoms. The summed E-state index contributed by atoms with van der Waals surface area (Å²) >= 11 is 0. The smallest absolute Gasteiger partial charge is 0.243 e. The molecule has 0 saturated carbocycles. The van der Waals surface area contributed by atoms with Gasteiger partial charge in [-0.2, -0.15) is 0 Å². The van der Waals surface area contributed by atoms with Crippen LogP contribution in [-0.4, -0.2) is 45.4 Å². The molecule has 0 bridgehead atoms. The maximum Gasteiger partial charge on any atom is 0.243 e. The number of likely N-dealkylation sites (tertiary alicyclic amines) is 1. The highest BCUT2D eigenvalue weighted by Gasteiger charge is 2.28. The first-order valence-corrected chi connectivity index (χ1v) is 8.28. The third-order valence-electron chi connectivity index (χ3n) is 4.46. The Morgan fingerprint density at radius 3 is 3.04 bits per heavy atom. The molecule has 126 valence electrons. The van der Waals surface area contributed by atoms with E-state index < -0.39 is 0 Å². The number of benzene rings is 1. The lowest BCUT2D eigenvalue weighted by Gasteiger charge is -2.25. The van der Waals surface area contributed by atoms with E-state index in [0.717, 1.165) is 37.0 Å². The minimum absolute atomic E-state index is 0.0892. The Labute approximate surface area is 141 Å². The average Bonchev–Trinajstić information content (AvgIpc) is 3.22. The summed E-state index contributed by atoms with van der Waals surface area (Å²) in [4.78, 5) is 29.9. The van der Waals surface area contributed by atoms with Crippen molar-refractivity contribution in [3.8, 4) is 0 Å². The second kappa shape index (κ2) is 7.29. The minimum atomic E-state index is -0.245. The maximum absolute atomic E-state index is 12.4. The van der Waals surface area contributed by atoms with Gasteiger partial charge in [0.1, 0.15) is 0 Å². The molecule has 1 aliphatic rings. The van der Waals surface area contributed by atoms with Gasteiger partial charge in [0, 0.05) is 32.1 Å². The van der Waals surface area contributed by atoms with E-state index >= 15 is 0 Å². The fraction of sp³-hybridized carbons (Fsp3) is 0.389. The molecule has 1 N–H and O–H groups in total. The highest BCUT2D eigenvalue weighted by atomic mass is 16.2. The van der Waals surface area contributed by atoms with Gasteiger partial charge < -0.3 is 14.8 Å². The first-order chi connectivity index (χ1) is 11.7. The second-order valence-electron chi connectivity index (χ2n) is 6.01. The molecule has 1 unspecified atom stereocenters. The van der Waals surface area contributed by atoms with E-state index in [1.54, 1.807) is 0 Å². The number of para-hydroxylation sites is 2. The highest BCUT2D eigenvalue weighted by Crippen LogP contribution is 2.22. The van der Waals surface area contributed by atoms with Crippen LogP contribution >= 0.6 is 0 Å². The third-order valence-corrected chi connectivity index (χ3v) is 4.46. The van der Waals surface area contributed by atoms with Crippen molar-refractivity contribution in [3.63, 3.8) is 0 Å². The number of rotatable bonds is 6. The topological polar surface area (TPSA) is 67.2 Å². The van der Waals surface area contributed by atoms with Crippen LogP contribution < -0.4 is 5.32 Å². The molecule has 2 aromatic rings. The zero-order valence-electron chi connectivity index (χ0n) is 13.6. The molecule has 6 heteroatoms. The van der Waals surface area contributed by atoms with Crippen LogP contribution in [0.5, 0.6) is 0 Å². The number of carbonyl (C=O) groups excluding carboxylic acids is 2. The second-order valence-corrected chi connectivity index (χ2v) is 6.01. The van der Waals surface area contributed by atoms with E-state index in [1.807, 2.05) is 35.5 Å². The van der Waals surface area contributed by atoms with E-state index in [0.29, 0.717) is 13.0 Å². The van der Waals surface area contributed by atoms with Gasteiger partial charge in [0.15, 0.2) is 0 Å². The largest absolute Gasteiger partial charge is 0.352 e. The Hall–Kier alpha value is -2.63. The normalized spacial score (nSPS) is 17.2. The van der Waals surface area contributed by atoms with Crippen molar-refractivity contribution in [1.29, 1.82) is 0 Å². The molecule has 0 radical (unpaired) electrons. The summed E-state index contributed by atoms with van der Waals surface area (Å²) in [6, 6.07) is 8.20. The number of nitrogens with one attached hydrogen (secondary N) is 1. The molecule has 1 saturated heterocycles. The van der Waals surface area contributed by atoms with Crippen molar-refractivity contribution in [2.45, 2.75) is 31.8 Å². The SMILES string of the molecule is C=CC(=O)NCCC(=O)N1CCCC1Cn1cnc2ccccc21. The highest BCUT2D eigenvalue weighted by molar-refractivity contribution is 5.87. The molecule has 1 aromatic carbocycles. The summed E-state index contributed by atoms with van der Waals surface area (Å²) in [5, 5.41) is 2.65. The van der Waals surface area contributed by atoms with Gasteiger partial charge in [-0.25, -0.2) is 4.98 Å². The standard InChI is InChI=1S/C18H22N4O2/c1-2-17(23)19-10-9-18(24)22-11-5-6-14(22)12-21-13-20-15-7-3-4-8-16(15)21/h2-4,7-8,13-14H,1,5-6,9-12H2,(H,19,23). The third kappa shape index (κ3) is 3.48. The van der Waals surface area contributed by atoms with E-state index in [4.69, 9.17) is 0 Å². The predicted molar refractivity (Wildman–Crippen MR) is 92.3 cm³/mol. The van der Waals surface area contributed by atoms with Crippen molar-refractivity contribution in [1.82, 2.24) is 19.8 Å². The summed E-state index contributed by atoms with van der Waals surface area (Å²) in [7, 11) is 0. The van der Waals surface area contributed by atoms with Gasteiger partial charge in [0.2, 0.25) is 11.8 Å². The van der Waals surface area contributed by atoms with Gasteiger partial charge in [-0.3, -0.25) is 9.59 Å². The lowest BCUT2D eigenvalue weighted by molar-refractivity contribution is -0.132. The maximum atomic E-state index is 12.4. The van der Waals surface area contributed by atoms with Gasteiger partial charge in [-0.15, -0.1) is 0 Å². The van der Waals surface area contributed by atoms with Crippen molar-refractivity contribution in [2.24, 2.45) is 0 Å². The predicted octanol–water partition coefficient (Wildman–Crippen LogP) is 1.72. The van der Waals surface area contributed by atoms with Crippen LogP contribution in [0.2, 0.25) is 0 Å². The van der Waals surface area contributed by atoms with Gasteiger partial charge in [-0.1, -0.05) is 18.7 Å². The summed E-state index contributed by atoms with van der Waals surface area (Å²) in [6.07, 6.45) is 5.39. The number of hydrogen-bond acceptors (Lipinski definition) is 3. The lowest BCUT2D eigenvalue weighted by atomic mass is 10.2. The van der Waals surface area contributed by atoms with Crippen LogP contribution in [-0.2, 0) is 16.1 Å². The molecular formula is C18H22N4O2. The molecule has 1 aromatic heterocycles. The van der Waals surface area contributed by atoms with Crippen LogP contribution in [0, 0.1) is 0 Å². The van der Waals surface area contributed by atoms with Crippen LogP contribution in [0.3, 0.4) is 0 Å². The van der Waals surface area contributed by atoms with E-state index in [-0.39, 0.29) is 17.9 Å². The molecular weight excluding hydrogens is 304 g/mol. The van der Waals surface area contributed by atoms with Gasteiger partial charge in [0.25, 0.3) is 0 Å². The summed E-state index contributed by atoms with van der Waals surface area (Å²) in [6.45, 7) is 5.29. The number of nitrogens with zero attached hydrogens (tertiary/aromatic N) is 3. The molecule has 6 nitrogen and oxygen atoms in total. The quantitative estimate of drug-likeness (QED) is 0.822. The number of aromatic nitrogens is 2. The van der Waals surface area contributed by atoms with Crippen LogP contribution in [0.4, 0.5) is 0 Å². The molecule has 2 amide bonds. The first kappa shape index (κ1) is 16.2. The van der Waals surface area contributed by atoms with E-state index in [1.165, 1.54) is 6.08 Å². The van der Waals surface area contributed by atoms with E-state index in [9.17, 15) is 9.59 Å². The fourth-order valence-electron chi connectivity index (χ4n) is 3.25. The van der Waals surface area contributed by atoms with Crippen molar-refractivity contribution < 1.29 is 9.59 Å². The molecule has 0 spiro atoms. The van der Waals surface area contributed by atoms with Gasteiger partial charge in [0.05, 0.1) is 17.4 Å². The Kier molecular flexibility index (Phi) is 4.93. The van der Waals surface area contributed by atoms with Crippen LogP contribution in [0.25, 0.3) is 11.0 Å². The van der Waals surface area contributed by atoms with Crippen molar-refractivity contribution >= 4 is 22.8 Å². The number of carbonyl (C=O) groups is 2.